The smallest absolute Gasteiger partial charge is 0.0991 e. The Morgan fingerprint density at radius 1 is 1.39 bits per heavy atom. The van der Waals surface area contributed by atoms with E-state index in [1.54, 1.807) is 23.1 Å². The molecule has 2 aromatic rings. The number of rotatable bonds is 5. The number of aromatic nitrogens is 2. The summed E-state index contributed by atoms with van der Waals surface area (Å²) in [5.74, 6) is 0. The summed E-state index contributed by atoms with van der Waals surface area (Å²) in [5, 5.41) is 16.2. The molecule has 0 amide bonds. The van der Waals surface area contributed by atoms with E-state index in [2.05, 4.69) is 23.1 Å². The molecule has 0 aliphatic heterocycles. The summed E-state index contributed by atoms with van der Waals surface area (Å²) in [7, 11) is 0. The first-order valence-electron chi connectivity index (χ1n) is 5.67. The molecule has 0 fully saturated rings. The number of nitrogens with zero attached hydrogens (tertiary/aromatic N) is 3. The van der Waals surface area contributed by atoms with Crippen LogP contribution in [-0.4, -0.2) is 9.78 Å². The third kappa shape index (κ3) is 3.06. The average molecular weight is 238 g/mol. The second kappa shape index (κ2) is 5.80. The van der Waals surface area contributed by atoms with Gasteiger partial charge in [-0.2, -0.15) is 10.4 Å². The highest BCUT2D eigenvalue weighted by Gasteiger charge is 1.98. The van der Waals surface area contributed by atoms with Gasteiger partial charge in [-0.3, -0.25) is 0 Å². The van der Waals surface area contributed by atoms with Gasteiger partial charge < -0.3 is 5.32 Å². The fourth-order valence-corrected chi connectivity index (χ4v) is 1.67. The Labute approximate surface area is 106 Å². The van der Waals surface area contributed by atoms with E-state index in [0.717, 1.165) is 24.2 Å². The van der Waals surface area contributed by atoms with Crippen LogP contribution >= 0.6 is 0 Å². The molecule has 0 bridgehead atoms. The topological polar surface area (TPSA) is 53.6 Å². The molecule has 1 N–H and O–H groups in total. The molecule has 18 heavy (non-hydrogen) atoms. The van der Waals surface area contributed by atoms with Gasteiger partial charge in [0.2, 0.25) is 0 Å². The summed E-state index contributed by atoms with van der Waals surface area (Å²) in [6.07, 6.45) is 5.38. The van der Waals surface area contributed by atoms with Crippen molar-refractivity contribution in [1.82, 2.24) is 15.1 Å². The molecule has 0 saturated heterocycles. The SMILES string of the molecule is C=Cn1cc(CNCc2cccc(C#N)c2)cn1. The standard InChI is InChI=1S/C14H14N4/c1-2-18-11-14(10-17-18)9-16-8-13-5-3-4-12(6-13)7-15/h2-6,10-11,16H,1,8-9H2. The molecule has 0 atom stereocenters. The molecule has 0 saturated carbocycles. The van der Waals surface area contributed by atoms with Crippen LogP contribution in [0.25, 0.3) is 6.20 Å². The monoisotopic (exact) mass is 238 g/mol. The molecule has 0 spiro atoms. The molecule has 1 heterocycles. The fourth-order valence-electron chi connectivity index (χ4n) is 1.67. The predicted octanol–water partition coefficient (Wildman–Crippen LogP) is 2.15. The van der Waals surface area contributed by atoms with E-state index in [9.17, 15) is 0 Å². The maximum absolute atomic E-state index is 8.80. The summed E-state index contributed by atoms with van der Waals surface area (Å²) in [6.45, 7) is 5.11. The van der Waals surface area contributed by atoms with Crippen molar-refractivity contribution in [2.75, 3.05) is 0 Å². The van der Waals surface area contributed by atoms with E-state index in [4.69, 9.17) is 5.26 Å². The molecule has 0 aliphatic rings. The first-order valence-corrected chi connectivity index (χ1v) is 5.67. The molecule has 4 nitrogen and oxygen atoms in total. The number of benzene rings is 1. The van der Waals surface area contributed by atoms with Crippen LogP contribution in [0.5, 0.6) is 0 Å². The van der Waals surface area contributed by atoms with E-state index in [0.29, 0.717) is 5.56 Å². The molecule has 1 aromatic heterocycles. The Balaban J connectivity index is 1.88. The maximum atomic E-state index is 8.80. The van der Waals surface area contributed by atoms with Crippen molar-refractivity contribution < 1.29 is 0 Å². The van der Waals surface area contributed by atoms with E-state index in [-0.39, 0.29) is 0 Å². The predicted molar refractivity (Wildman–Crippen MR) is 70.3 cm³/mol. The van der Waals surface area contributed by atoms with Gasteiger partial charge in [-0.1, -0.05) is 18.7 Å². The molecule has 1 aromatic carbocycles. The van der Waals surface area contributed by atoms with Crippen molar-refractivity contribution in [3.63, 3.8) is 0 Å². The lowest BCUT2D eigenvalue weighted by molar-refractivity contribution is 0.693. The number of hydrogen-bond acceptors (Lipinski definition) is 3. The summed E-state index contributed by atoms with van der Waals surface area (Å²) >= 11 is 0. The van der Waals surface area contributed by atoms with Crippen molar-refractivity contribution in [2.45, 2.75) is 13.1 Å². The largest absolute Gasteiger partial charge is 0.309 e. The van der Waals surface area contributed by atoms with Crippen molar-refractivity contribution in [3.8, 4) is 6.07 Å². The minimum Gasteiger partial charge on any atom is -0.309 e. The molecule has 2 rings (SSSR count). The fraction of sp³-hybridized carbons (Fsp3) is 0.143. The normalized spacial score (nSPS) is 9.94. The molecule has 4 heteroatoms. The summed E-state index contributed by atoms with van der Waals surface area (Å²) in [4.78, 5) is 0. The lowest BCUT2D eigenvalue weighted by Crippen LogP contribution is -2.12. The van der Waals surface area contributed by atoms with Gasteiger partial charge in [0.1, 0.15) is 0 Å². The number of nitrogens with one attached hydrogen (secondary N) is 1. The Morgan fingerprint density at radius 2 is 2.22 bits per heavy atom. The van der Waals surface area contributed by atoms with Crippen LogP contribution in [-0.2, 0) is 13.1 Å². The van der Waals surface area contributed by atoms with Crippen LogP contribution in [0.3, 0.4) is 0 Å². The van der Waals surface area contributed by atoms with Crippen LogP contribution in [0.2, 0.25) is 0 Å². The quantitative estimate of drug-likeness (QED) is 0.868. The van der Waals surface area contributed by atoms with Gasteiger partial charge in [-0.25, -0.2) is 4.68 Å². The van der Waals surface area contributed by atoms with Gasteiger partial charge in [0, 0.05) is 31.0 Å². The van der Waals surface area contributed by atoms with Crippen molar-refractivity contribution in [2.24, 2.45) is 0 Å². The summed E-state index contributed by atoms with van der Waals surface area (Å²) < 4.78 is 1.67. The first-order chi connectivity index (χ1) is 8.81. The number of hydrogen-bond donors (Lipinski definition) is 1. The van der Waals surface area contributed by atoms with E-state index in [1.807, 2.05) is 24.4 Å². The zero-order valence-electron chi connectivity index (χ0n) is 10.0. The van der Waals surface area contributed by atoms with Crippen molar-refractivity contribution in [1.29, 1.82) is 5.26 Å². The van der Waals surface area contributed by atoms with Gasteiger partial charge in [-0.05, 0) is 17.7 Å². The maximum Gasteiger partial charge on any atom is 0.0991 e. The second-order valence-corrected chi connectivity index (χ2v) is 3.93. The Hall–Kier alpha value is -2.38. The zero-order valence-corrected chi connectivity index (χ0v) is 10.0. The van der Waals surface area contributed by atoms with Gasteiger partial charge in [0.25, 0.3) is 0 Å². The van der Waals surface area contributed by atoms with Crippen LogP contribution < -0.4 is 5.32 Å². The molecule has 0 unspecified atom stereocenters. The molecule has 0 radical (unpaired) electrons. The van der Waals surface area contributed by atoms with Gasteiger partial charge in [0.15, 0.2) is 0 Å². The Morgan fingerprint density at radius 3 is 2.94 bits per heavy atom. The van der Waals surface area contributed by atoms with Crippen molar-refractivity contribution >= 4 is 6.20 Å². The van der Waals surface area contributed by atoms with Crippen LogP contribution in [0, 0.1) is 11.3 Å². The molecule has 0 aliphatic carbocycles. The minimum absolute atomic E-state index is 0.689. The molecule has 90 valence electrons. The lowest BCUT2D eigenvalue weighted by Gasteiger charge is -2.03. The number of nitriles is 1. The Kier molecular flexibility index (Phi) is 3.90. The van der Waals surface area contributed by atoms with E-state index >= 15 is 0 Å². The van der Waals surface area contributed by atoms with Crippen LogP contribution in [0.15, 0.2) is 43.2 Å². The molecular weight excluding hydrogens is 224 g/mol. The minimum atomic E-state index is 0.689. The van der Waals surface area contributed by atoms with E-state index in [1.165, 1.54) is 0 Å². The van der Waals surface area contributed by atoms with E-state index < -0.39 is 0 Å². The lowest BCUT2D eigenvalue weighted by atomic mass is 10.1. The highest BCUT2D eigenvalue weighted by atomic mass is 15.2. The zero-order chi connectivity index (χ0) is 12.8. The average Bonchev–Trinajstić information content (AvgIpc) is 2.87. The summed E-state index contributed by atoms with van der Waals surface area (Å²) in [5.41, 5.74) is 2.89. The van der Waals surface area contributed by atoms with Crippen LogP contribution in [0.1, 0.15) is 16.7 Å². The summed E-state index contributed by atoms with van der Waals surface area (Å²) in [6, 6.07) is 9.72. The molecular formula is C14H14N4. The third-order valence-corrected chi connectivity index (χ3v) is 2.56. The van der Waals surface area contributed by atoms with Gasteiger partial charge >= 0.3 is 0 Å². The van der Waals surface area contributed by atoms with Crippen molar-refractivity contribution in [3.05, 3.63) is 59.9 Å². The highest BCUT2D eigenvalue weighted by Crippen LogP contribution is 2.04. The second-order valence-electron chi connectivity index (χ2n) is 3.93. The van der Waals surface area contributed by atoms with Gasteiger partial charge in [-0.15, -0.1) is 0 Å². The highest BCUT2D eigenvalue weighted by molar-refractivity contribution is 5.32. The Bertz CT molecular complexity index is 577. The van der Waals surface area contributed by atoms with Gasteiger partial charge in [0.05, 0.1) is 17.8 Å². The third-order valence-electron chi connectivity index (χ3n) is 2.56. The van der Waals surface area contributed by atoms with Crippen LogP contribution in [0.4, 0.5) is 0 Å². The first kappa shape index (κ1) is 12.1.